The molecule has 0 aliphatic rings. The summed E-state index contributed by atoms with van der Waals surface area (Å²) in [6.07, 6.45) is 0. The van der Waals surface area contributed by atoms with Crippen LogP contribution in [-0.4, -0.2) is 4.57 Å². The third-order valence-electron chi connectivity index (χ3n) is 9.86. The molecule has 240 valence electrons. The van der Waals surface area contributed by atoms with Gasteiger partial charge in [0.2, 0.25) is 0 Å². The number of aromatic nitrogens is 1. The van der Waals surface area contributed by atoms with Crippen LogP contribution in [0.3, 0.4) is 0 Å². The minimum atomic E-state index is -0.0352. The van der Waals surface area contributed by atoms with Gasteiger partial charge in [-0.05, 0) is 97.4 Å². The molecule has 9 aromatic rings. The second kappa shape index (κ2) is 12.9. The van der Waals surface area contributed by atoms with Crippen LogP contribution in [0.5, 0.6) is 0 Å². The lowest BCUT2D eigenvalue weighted by Crippen LogP contribution is -2.19. The third kappa shape index (κ3) is 5.53. The van der Waals surface area contributed by atoms with E-state index in [1.54, 1.807) is 0 Å². The van der Waals surface area contributed by atoms with Crippen molar-refractivity contribution in [2.24, 2.45) is 0 Å². The van der Waals surface area contributed by atoms with Gasteiger partial charge in [-0.2, -0.15) is 0 Å². The molecule has 0 N–H and O–H groups in total. The van der Waals surface area contributed by atoms with E-state index in [1.807, 2.05) is 28.8 Å². The van der Waals surface area contributed by atoms with Crippen molar-refractivity contribution in [2.75, 3.05) is 0 Å². The largest absolute Gasteiger partial charge is 0.276 e. The van der Waals surface area contributed by atoms with Crippen molar-refractivity contribution in [1.29, 1.82) is 0 Å². The molecule has 1 heterocycles. The second-order valence-electron chi connectivity index (χ2n) is 12.9. The summed E-state index contributed by atoms with van der Waals surface area (Å²) < 4.78 is 1.87. The van der Waals surface area contributed by atoms with Crippen LogP contribution in [0.25, 0.3) is 83.0 Å². The molecule has 2 heteroatoms. The van der Waals surface area contributed by atoms with Crippen molar-refractivity contribution in [3.8, 4) is 61.3 Å². The average Bonchev–Trinajstić information content (AvgIpc) is 3.22. The van der Waals surface area contributed by atoms with E-state index < -0.39 is 0 Å². The average molecular weight is 652 g/mol. The van der Waals surface area contributed by atoms with E-state index in [-0.39, 0.29) is 5.56 Å². The van der Waals surface area contributed by atoms with E-state index in [9.17, 15) is 4.79 Å². The minimum absolute atomic E-state index is 0.0352. The molecule has 0 amide bonds. The normalized spacial score (nSPS) is 11.2. The topological polar surface area (TPSA) is 22.0 Å². The number of hydrogen-bond acceptors (Lipinski definition) is 1. The molecule has 0 fully saturated rings. The number of benzene rings is 8. The van der Waals surface area contributed by atoms with Crippen LogP contribution in [0, 0.1) is 0 Å². The van der Waals surface area contributed by atoms with Gasteiger partial charge in [-0.25, -0.2) is 0 Å². The van der Waals surface area contributed by atoms with Crippen LogP contribution in [0.2, 0.25) is 0 Å². The Hall–Kier alpha value is -6.77. The van der Waals surface area contributed by atoms with Crippen LogP contribution in [-0.2, 0) is 0 Å². The maximum Gasteiger partial charge on any atom is 0.263 e. The van der Waals surface area contributed by atoms with E-state index in [4.69, 9.17) is 0 Å². The molecule has 1 aromatic heterocycles. The van der Waals surface area contributed by atoms with Crippen LogP contribution in [0.4, 0.5) is 0 Å². The Labute approximate surface area is 297 Å². The molecule has 51 heavy (non-hydrogen) atoms. The lowest BCUT2D eigenvalue weighted by atomic mass is 9.92. The first-order valence-electron chi connectivity index (χ1n) is 17.3. The lowest BCUT2D eigenvalue weighted by molar-refractivity contribution is 1.06. The monoisotopic (exact) mass is 651 g/mol. The summed E-state index contributed by atoms with van der Waals surface area (Å²) in [6.45, 7) is 0. The highest BCUT2D eigenvalue weighted by atomic mass is 16.1. The van der Waals surface area contributed by atoms with Crippen LogP contribution in [0.1, 0.15) is 0 Å². The summed E-state index contributed by atoms with van der Waals surface area (Å²) in [6, 6.07) is 69.5. The summed E-state index contributed by atoms with van der Waals surface area (Å²) in [7, 11) is 0. The maximum atomic E-state index is 14.5. The second-order valence-corrected chi connectivity index (χ2v) is 12.9. The van der Waals surface area contributed by atoms with E-state index in [1.165, 1.54) is 22.3 Å². The van der Waals surface area contributed by atoms with Gasteiger partial charge in [0.05, 0.1) is 5.52 Å². The predicted molar refractivity (Wildman–Crippen MR) is 214 cm³/mol. The van der Waals surface area contributed by atoms with Crippen molar-refractivity contribution < 1.29 is 0 Å². The van der Waals surface area contributed by atoms with Gasteiger partial charge in [0.1, 0.15) is 0 Å². The lowest BCUT2D eigenvalue weighted by Gasteiger charge is -2.17. The predicted octanol–water partition coefficient (Wildman–Crippen LogP) is 12.5. The summed E-state index contributed by atoms with van der Waals surface area (Å²) in [5.74, 6) is 0. The first-order chi connectivity index (χ1) is 25.2. The van der Waals surface area contributed by atoms with Crippen molar-refractivity contribution in [1.82, 2.24) is 4.57 Å². The number of pyridine rings is 1. The zero-order valence-electron chi connectivity index (χ0n) is 27.9. The Bertz CT molecular complexity index is 2730. The molecule has 0 unspecified atom stereocenters. The molecule has 0 aliphatic heterocycles. The van der Waals surface area contributed by atoms with Crippen molar-refractivity contribution in [3.63, 3.8) is 0 Å². The summed E-state index contributed by atoms with van der Waals surface area (Å²) in [4.78, 5) is 14.5. The fourth-order valence-corrected chi connectivity index (χ4v) is 7.36. The zero-order valence-corrected chi connectivity index (χ0v) is 27.9. The summed E-state index contributed by atoms with van der Waals surface area (Å²) in [5, 5.41) is 2.66. The minimum Gasteiger partial charge on any atom is -0.276 e. The fraction of sp³-hybridized carbons (Fsp3) is 0. The van der Waals surface area contributed by atoms with E-state index in [0.29, 0.717) is 5.39 Å². The van der Waals surface area contributed by atoms with E-state index in [2.05, 4.69) is 176 Å². The zero-order chi connectivity index (χ0) is 34.1. The Morgan fingerprint density at radius 3 is 1.25 bits per heavy atom. The van der Waals surface area contributed by atoms with Gasteiger partial charge in [0.25, 0.3) is 5.56 Å². The molecule has 0 spiro atoms. The Kier molecular flexibility index (Phi) is 7.68. The highest BCUT2D eigenvalue weighted by Gasteiger charge is 2.16. The molecule has 0 saturated heterocycles. The van der Waals surface area contributed by atoms with Gasteiger partial charge in [-0.15, -0.1) is 0 Å². The number of hydrogen-bond donors (Lipinski definition) is 0. The van der Waals surface area contributed by atoms with Crippen molar-refractivity contribution in [2.45, 2.75) is 0 Å². The Morgan fingerprint density at radius 1 is 0.294 bits per heavy atom. The standard InChI is InChI=1S/C49H33NO/c51-49-45-30-26-38(34-14-4-1-5-15-34)32-46(45)47-33-39(44-23-13-12-21-42(44)36-18-8-3-9-19-36)27-31-48(47)50(49)40-28-24-37(25-29-40)43-22-11-10-20-41(43)35-16-6-2-7-17-35/h1-33H. The maximum absolute atomic E-state index is 14.5. The van der Waals surface area contributed by atoms with Gasteiger partial charge in [0, 0.05) is 16.5 Å². The van der Waals surface area contributed by atoms with Crippen LogP contribution >= 0.6 is 0 Å². The first kappa shape index (κ1) is 30.3. The molecular formula is C49H33NO. The molecule has 2 nitrogen and oxygen atoms in total. The summed E-state index contributed by atoms with van der Waals surface area (Å²) >= 11 is 0. The summed E-state index contributed by atoms with van der Waals surface area (Å²) in [5.41, 5.74) is 13.1. The van der Waals surface area contributed by atoms with E-state index in [0.717, 1.165) is 55.4 Å². The van der Waals surface area contributed by atoms with Crippen LogP contribution < -0.4 is 5.56 Å². The molecule has 9 rings (SSSR count). The number of nitrogens with zero attached hydrogens (tertiary/aromatic N) is 1. The SMILES string of the molecule is O=c1c2ccc(-c3ccccc3)cc2c2cc(-c3ccccc3-c3ccccc3)ccc2n1-c1ccc(-c2ccccc2-c2ccccc2)cc1. The Morgan fingerprint density at radius 2 is 0.706 bits per heavy atom. The highest BCUT2D eigenvalue weighted by molar-refractivity contribution is 6.09. The molecular weight excluding hydrogens is 619 g/mol. The molecule has 0 atom stereocenters. The van der Waals surface area contributed by atoms with Crippen LogP contribution in [0.15, 0.2) is 205 Å². The molecule has 0 radical (unpaired) electrons. The smallest absolute Gasteiger partial charge is 0.263 e. The van der Waals surface area contributed by atoms with Gasteiger partial charge in [-0.3, -0.25) is 9.36 Å². The molecule has 0 saturated carbocycles. The molecule has 8 aromatic carbocycles. The molecule has 0 bridgehead atoms. The Balaban J connectivity index is 1.25. The van der Waals surface area contributed by atoms with Gasteiger partial charge >= 0.3 is 0 Å². The first-order valence-corrected chi connectivity index (χ1v) is 17.3. The van der Waals surface area contributed by atoms with Gasteiger partial charge in [-0.1, -0.05) is 164 Å². The van der Waals surface area contributed by atoms with Gasteiger partial charge in [0.15, 0.2) is 0 Å². The van der Waals surface area contributed by atoms with E-state index >= 15 is 0 Å². The number of rotatable bonds is 6. The number of fused-ring (bicyclic) bond motifs is 3. The van der Waals surface area contributed by atoms with Crippen molar-refractivity contribution in [3.05, 3.63) is 211 Å². The third-order valence-corrected chi connectivity index (χ3v) is 9.86. The van der Waals surface area contributed by atoms with Gasteiger partial charge < -0.3 is 0 Å². The molecule has 0 aliphatic carbocycles. The highest BCUT2D eigenvalue weighted by Crippen LogP contribution is 2.37. The van der Waals surface area contributed by atoms with Crippen molar-refractivity contribution >= 4 is 21.7 Å². The fourth-order valence-electron chi connectivity index (χ4n) is 7.36. The quantitative estimate of drug-likeness (QED) is 0.164.